The van der Waals surface area contributed by atoms with E-state index in [1.54, 1.807) is 12.1 Å². The van der Waals surface area contributed by atoms with Gasteiger partial charge in [0.2, 0.25) is 0 Å². The average Bonchev–Trinajstić information content (AvgIpc) is 2.41. The molecule has 0 aliphatic heterocycles. The van der Waals surface area contributed by atoms with Crippen molar-refractivity contribution in [2.24, 2.45) is 0 Å². The van der Waals surface area contributed by atoms with Crippen molar-refractivity contribution in [3.8, 4) is 5.75 Å². The lowest BCUT2D eigenvalue weighted by Gasteiger charge is -2.17. The van der Waals surface area contributed by atoms with Gasteiger partial charge in [0.05, 0.1) is 7.11 Å². The minimum Gasteiger partial charge on any atom is -0.494 e. The van der Waals surface area contributed by atoms with Crippen LogP contribution in [0.2, 0.25) is 0 Å². The molecule has 0 aliphatic carbocycles. The van der Waals surface area contributed by atoms with Gasteiger partial charge in [-0.1, -0.05) is 29.8 Å². The molecule has 2 nitrogen and oxygen atoms in total. The number of nitrogens with one attached hydrogen (secondary N) is 1. The number of rotatable bonds is 4. The van der Waals surface area contributed by atoms with Gasteiger partial charge in [-0.15, -0.1) is 0 Å². The van der Waals surface area contributed by atoms with Gasteiger partial charge in [-0.05, 0) is 31.5 Å². The van der Waals surface area contributed by atoms with E-state index in [1.807, 2.05) is 6.07 Å². The zero-order valence-electron chi connectivity index (χ0n) is 11.4. The molecule has 2 aromatic rings. The molecule has 0 aromatic heterocycles. The zero-order valence-corrected chi connectivity index (χ0v) is 11.4. The quantitative estimate of drug-likeness (QED) is 0.883. The average molecular weight is 259 g/mol. The molecular weight excluding hydrogens is 241 g/mol. The summed E-state index contributed by atoms with van der Waals surface area (Å²) in [6.45, 7) is 4.14. The van der Waals surface area contributed by atoms with Gasteiger partial charge < -0.3 is 10.1 Å². The largest absolute Gasteiger partial charge is 0.494 e. The number of aryl methyl sites for hydroxylation is 1. The van der Waals surface area contributed by atoms with Crippen LogP contribution < -0.4 is 10.1 Å². The highest BCUT2D eigenvalue weighted by molar-refractivity contribution is 5.50. The van der Waals surface area contributed by atoms with Gasteiger partial charge in [-0.3, -0.25) is 0 Å². The summed E-state index contributed by atoms with van der Waals surface area (Å²) in [4.78, 5) is 0. The van der Waals surface area contributed by atoms with Crippen molar-refractivity contribution in [2.45, 2.75) is 19.9 Å². The molecule has 0 spiro atoms. The fourth-order valence-electron chi connectivity index (χ4n) is 2.02. The lowest BCUT2D eigenvalue weighted by atomic mass is 10.1. The van der Waals surface area contributed by atoms with Gasteiger partial charge in [0, 0.05) is 17.8 Å². The van der Waals surface area contributed by atoms with Crippen LogP contribution in [0.1, 0.15) is 24.1 Å². The van der Waals surface area contributed by atoms with Gasteiger partial charge in [0.1, 0.15) is 0 Å². The van der Waals surface area contributed by atoms with E-state index in [0.717, 1.165) is 5.69 Å². The number of ether oxygens (including phenoxy) is 1. The van der Waals surface area contributed by atoms with E-state index in [1.165, 1.54) is 24.3 Å². The standard InChI is InChI=1S/C16H18FNO/c1-11-5-4-6-13(9-11)12(2)18-14-7-8-15(17)16(10-14)19-3/h4-10,12,18H,1-3H3. The van der Waals surface area contributed by atoms with Crippen LogP contribution in [0.15, 0.2) is 42.5 Å². The van der Waals surface area contributed by atoms with E-state index in [2.05, 4.69) is 37.4 Å². The molecule has 0 fully saturated rings. The summed E-state index contributed by atoms with van der Waals surface area (Å²) in [6, 6.07) is 13.3. The molecule has 0 radical (unpaired) electrons. The predicted molar refractivity (Wildman–Crippen MR) is 76.2 cm³/mol. The van der Waals surface area contributed by atoms with Crippen LogP contribution >= 0.6 is 0 Å². The molecule has 1 atom stereocenters. The number of hydrogen-bond acceptors (Lipinski definition) is 2. The molecule has 0 saturated carbocycles. The lowest BCUT2D eigenvalue weighted by Crippen LogP contribution is -2.07. The molecule has 19 heavy (non-hydrogen) atoms. The molecular formula is C16H18FNO. The van der Waals surface area contributed by atoms with Crippen LogP contribution in [0.3, 0.4) is 0 Å². The summed E-state index contributed by atoms with van der Waals surface area (Å²) in [5.41, 5.74) is 3.26. The van der Waals surface area contributed by atoms with Crippen molar-refractivity contribution in [1.29, 1.82) is 0 Å². The Kier molecular flexibility index (Phi) is 4.05. The van der Waals surface area contributed by atoms with Crippen molar-refractivity contribution in [3.05, 3.63) is 59.4 Å². The second-order valence-corrected chi connectivity index (χ2v) is 4.63. The van der Waals surface area contributed by atoms with Gasteiger partial charge in [0.25, 0.3) is 0 Å². The molecule has 0 saturated heterocycles. The fourth-order valence-corrected chi connectivity index (χ4v) is 2.02. The Bertz CT molecular complexity index is 568. The number of methoxy groups -OCH3 is 1. The van der Waals surface area contributed by atoms with Crippen LogP contribution in [0.25, 0.3) is 0 Å². The maximum atomic E-state index is 13.3. The van der Waals surface area contributed by atoms with E-state index in [0.29, 0.717) is 0 Å². The minimum atomic E-state index is -0.351. The Hall–Kier alpha value is -2.03. The van der Waals surface area contributed by atoms with Gasteiger partial charge in [-0.25, -0.2) is 4.39 Å². The van der Waals surface area contributed by atoms with Gasteiger partial charge >= 0.3 is 0 Å². The Morgan fingerprint density at radius 1 is 1.16 bits per heavy atom. The van der Waals surface area contributed by atoms with Crippen LogP contribution in [0.4, 0.5) is 10.1 Å². The summed E-state index contributed by atoms with van der Waals surface area (Å²) >= 11 is 0. The molecule has 2 aromatic carbocycles. The summed E-state index contributed by atoms with van der Waals surface area (Å²) < 4.78 is 18.3. The molecule has 0 amide bonds. The Balaban J connectivity index is 2.17. The maximum Gasteiger partial charge on any atom is 0.165 e. The summed E-state index contributed by atoms with van der Waals surface area (Å²) in [5, 5.41) is 3.34. The first kappa shape index (κ1) is 13.4. The molecule has 2 rings (SSSR count). The second kappa shape index (κ2) is 5.74. The van der Waals surface area contributed by atoms with Crippen molar-refractivity contribution < 1.29 is 9.13 Å². The maximum absolute atomic E-state index is 13.3. The van der Waals surface area contributed by atoms with E-state index >= 15 is 0 Å². The predicted octanol–water partition coefficient (Wildman–Crippen LogP) is 4.32. The fraction of sp³-hybridized carbons (Fsp3) is 0.250. The third kappa shape index (κ3) is 3.25. The van der Waals surface area contributed by atoms with E-state index < -0.39 is 0 Å². The molecule has 3 heteroatoms. The first-order chi connectivity index (χ1) is 9.10. The molecule has 0 heterocycles. The topological polar surface area (TPSA) is 21.3 Å². The minimum absolute atomic E-state index is 0.148. The smallest absolute Gasteiger partial charge is 0.165 e. The number of anilines is 1. The Labute approximate surface area is 113 Å². The monoisotopic (exact) mass is 259 g/mol. The molecule has 1 unspecified atom stereocenters. The van der Waals surface area contributed by atoms with Crippen LogP contribution in [-0.4, -0.2) is 7.11 Å². The van der Waals surface area contributed by atoms with Crippen molar-refractivity contribution in [1.82, 2.24) is 0 Å². The van der Waals surface area contributed by atoms with Crippen LogP contribution in [-0.2, 0) is 0 Å². The van der Waals surface area contributed by atoms with Crippen LogP contribution in [0, 0.1) is 12.7 Å². The summed E-state index contributed by atoms with van der Waals surface area (Å²) in [7, 11) is 1.46. The summed E-state index contributed by atoms with van der Waals surface area (Å²) in [6.07, 6.45) is 0. The number of benzene rings is 2. The molecule has 0 aliphatic rings. The first-order valence-electron chi connectivity index (χ1n) is 6.27. The molecule has 0 bridgehead atoms. The third-order valence-corrected chi connectivity index (χ3v) is 3.08. The highest BCUT2D eigenvalue weighted by Crippen LogP contribution is 2.25. The molecule has 1 N–H and O–H groups in total. The first-order valence-corrected chi connectivity index (χ1v) is 6.27. The van der Waals surface area contributed by atoms with Crippen molar-refractivity contribution >= 4 is 5.69 Å². The third-order valence-electron chi connectivity index (χ3n) is 3.08. The van der Waals surface area contributed by atoms with Crippen molar-refractivity contribution in [3.63, 3.8) is 0 Å². The highest BCUT2D eigenvalue weighted by atomic mass is 19.1. The van der Waals surface area contributed by atoms with Gasteiger partial charge in [0.15, 0.2) is 11.6 Å². The number of halogens is 1. The Morgan fingerprint density at radius 2 is 1.95 bits per heavy atom. The number of hydrogen-bond donors (Lipinski definition) is 1. The van der Waals surface area contributed by atoms with Crippen LogP contribution in [0.5, 0.6) is 5.75 Å². The SMILES string of the molecule is COc1cc(NC(C)c2cccc(C)c2)ccc1F. The highest BCUT2D eigenvalue weighted by Gasteiger charge is 2.08. The lowest BCUT2D eigenvalue weighted by molar-refractivity contribution is 0.387. The van der Waals surface area contributed by atoms with E-state index in [4.69, 9.17) is 4.74 Å². The Morgan fingerprint density at radius 3 is 2.63 bits per heavy atom. The second-order valence-electron chi connectivity index (χ2n) is 4.63. The summed E-state index contributed by atoms with van der Waals surface area (Å²) in [5.74, 6) is -0.0994. The van der Waals surface area contributed by atoms with E-state index in [-0.39, 0.29) is 17.6 Å². The van der Waals surface area contributed by atoms with E-state index in [9.17, 15) is 4.39 Å². The van der Waals surface area contributed by atoms with Crippen molar-refractivity contribution in [2.75, 3.05) is 12.4 Å². The zero-order chi connectivity index (χ0) is 13.8. The van der Waals surface area contributed by atoms with Gasteiger partial charge in [-0.2, -0.15) is 0 Å². The normalized spacial score (nSPS) is 12.0. The molecule has 100 valence electrons.